The van der Waals surface area contributed by atoms with E-state index in [1.807, 2.05) is 12.1 Å². The zero-order valence-electron chi connectivity index (χ0n) is 12.6. The molecule has 0 aliphatic carbocycles. The van der Waals surface area contributed by atoms with Crippen LogP contribution in [-0.2, 0) is 0 Å². The topological polar surface area (TPSA) is 49.5 Å². The number of para-hydroxylation sites is 1. The summed E-state index contributed by atoms with van der Waals surface area (Å²) in [7, 11) is 0. The zero-order valence-corrected chi connectivity index (χ0v) is 12.6. The summed E-state index contributed by atoms with van der Waals surface area (Å²) in [5.74, 6) is 0.541. The largest absolute Gasteiger partial charge is 0.394 e. The summed E-state index contributed by atoms with van der Waals surface area (Å²) >= 11 is 0. The molecule has 108 valence electrons. The number of aryl methyl sites for hydroxylation is 1. The molecule has 1 aromatic rings. The SMILES string of the molecule is CCN(c1ccccc1C)C(CO)C(N)CC(C)C. The van der Waals surface area contributed by atoms with Crippen LogP contribution in [0, 0.1) is 12.8 Å². The number of aliphatic hydroxyl groups excluding tert-OH is 1. The van der Waals surface area contributed by atoms with Gasteiger partial charge in [-0.15, -0.1) is 0 Å². The van der Waals surface area contributed by atoms with Gasteiger partial charge in [-0.2, -0.15) is 0 Å². The Morgan fingerprint density at radius 1 is 1.26 bits per heavy atom. The van der Waals surface area contributed by atoms with Gasteiger partial charge in [-0.3, -0.25) is 0 Å². The molecule has 1 rings (SSSR count). The van der Waals surface area contributed by atoms with Gasteiger partial charge in [-0.05, 0) is 37.8 Å². The van der Waals surface area contributed by atoms with E-state index in [0.717, 1.165) is 13.0 Å². The van der Waals surface area contributed by atoms with E-state index in [1.165, 1.54) is 11.3 Å². The average Bonchev–Trinajstić information content (AvgIpc) is 2.36. The van der Waals surface area contributed by atoms with Crippen LogP contribution in [0.15, 0.2) is 24.3 Å². The Morgan fingerprint density at radius 3 is 2.37 bits per heavy atom. The Hall–Kier alpha value is -1.06. The highest BCUT2D eigenvalue weighted by Crippen LogP contribution is 2.23. The summed E-state index contributed by atoms with van der Waals surface area (Å²) < 4.78 is 0. The molecule has 3 N–H and O–H groups in total. The van der Waals surface area contributed by atoms with Gasteiger partial charge in [0.15, 0.2) is 0 Å². The highest BCUT2D eigenvalue weighted by molar-refractivity contribution is 5.54. The number of likely N-dealkylation sites (N-methyl/N-ethyl adjacent to an activating group) is 1. The number of nitrogens with zero attached hydrogens (tertiary/aromatic N) is 1. The number of nitrogens with two attached hydrogens (primary N) is 1. The molecule has 19 heavy (non-hydrogen) atoms. The molecule has 0 aromatic heterocycles. The van der Waals surface area contributed by atoms with Crippen molar-refractivity contribution in [2.24, 2.45) is 11.7 Å². The Kier molecular flexibility index (Phi) is 6.32. The lowest BCUT2D eigenvalue weighted by Gasteiger charge is -2.37. The molecule has 2 atom stereocenters. The smallest absolute Gasteiger partial charge is 0.0671 e. The van der Waals surface area contributed by atoms with Crippen molar-refractivity contribution in [1.82, 2.24) is 0 Å². The second-order valence-corrected chi connectivity index (χ2v) is 5.62. The van der Waals surface area contributed by atoms with E-state index in [9.17, 15) is 5.11 Å². The van der Waals surface area contributed by atoms with Crippen LogP contribution < -0.4 is 10.6 Å². The zero-order chi connectivity index (χ0) is 14.4. The Balaban J connectivity index is 2.96. The lowest BCUT2D eigenvalue weighted by atomic mass is 9.96. The number of benzene rings is 1. The predicted molar refractivity (Wildman–Crippen MR) is 82.5 cm³/mol. The Morgan fingerprint density at radius 2 is 1.89 bits per heavy atom. The predicted octanol–water partition coefficient (Wildman–Crippen LogP) is 2.56. The van der Waals surface area contributed by atoms with Gasteiger partial charge in [0, 0.05) is 18.3 Å². The minimum Gasteiger partial charge on any atom is -0.394 e. The third-order valence-corrected chi connectivity index (χ3v) is 3.59. The van der Waals surface area contributed by atoms with Crippen molar-refractivity contribution in [2.45, 2.75) is 46.2 Å². The van der Waals surface area contributed by atoms with Gasteiger partial charge in [0.25, 0.3) is 0 Å². The molecule has 0 heterocycles. The van der Waals surface area contributed by atoms with E-state index in [2.05, 4.69) is 44.7 Å². The third kappa shape index (κ3) is 4.22. The molecular formula is C16H28N2O. The highest BCUT2D eigenvalue weighted by atomic mass is 16.3. The molecule has 0 saturated heterocycles. The van der Waals surface area contributed by atoms with Gasteiger partial charge in [0.1, 0.15) is 0 Å². The van der Waals surface area contributed by atoms with Gasteiger partial charge >= 0.3 is 0 Å². The standard InChI is InChI=1S/C16H28N2O/c1-5-18(15-9-7-6-8-13(15)4)16(11-19)14(17)10-12(2)3/h6-9,12,14,16,19H,5,10-11,17H2,1-4H3. The van der Waals surface area contributed by atoms with Crippen LogP contribution in [0.4, 0.5) is 5.69 Å². The lowest BCUT2D eigenvalue weighted by molar-refractivity contribution is 0.233. The van der Waals surface area contributed by atoms with Crippen molar-refractivity contribution < 1.29 is 5.11 Å². The van der Waals surface area contributed by atoms with Crippen molar-refractivity contribution in [3.8, 4) is 0 Å². The molecule has 0 bridgehead atoms. The van der Waals surface area contributed by atoms with Crippen LogP contribution in [0.1, 0.15) is 32.8 Å². The fraction of sp³-hybridized carbons (Fsp3) is 0.625. The molecule has 0 aliphatic heterocycles. The van der Waals surface area contributed by atoms with E-state index in [-0.39, 0.29) is 18.7 Å². The van der Waals surface area contributed by atoms with Crippen molar-refractivity contribution in [3.05, 3.63) is 29.8 Å². The van der Waals surface area contributed by atoms with E-state index in [1.54, 1.807) is 0 Å². The molecular weight excluding hydrogens is 236 g/mol. The summed E-state index contributed by atoms with van der Waals surface area (Å²) in [6.07, 6.45) is 0.924. The van der Waals surface area contributed by atoms with Crippen molar-refractivity contribution in [3.63, 3.8) is 0 Å². The quantitative estimate of drug-likeness (QED) is 0.795. The summed E-state index contributed by atoms with van der Waals surface area (Å²) in [6, 6.07) is 8.24. The van der Waals surface area contributed by atoms with Crippen LogP contribution in [0.5, 0.6) is 0 Å². The number of rotatable bonds is 7. The highest BCUT2D eigenvalue weighted by Gasteiger charge is 2.25. The number of anilines is 1. The summed E-state index contributed by atoms with van der Waals surface area (Å²) in [5, 5.41) is 9.74. The van der Waals surface area contributed by atoms with Crippen LogP contribution >= 0.6 is 0 Å². The van der Waals surface area contributed by atoms with Gasteiger partial charge in [0.05, 0.1) is 12.6 Å². The van der Waals surface area contributed by atoms with E-state index >= 15 is 0 Å². The average molecular weight is 264 g/mol. The van der Waals surface area contributed by atoms with Gasteiger partial charge in [-0.1, -0.05) is 32.0 Å². The molecule has 0 radical (unpaired) electrons. The lowest BCUT2D eigenvalue weighted by Crippen LogP contribution is -2.51. The second-order valence-electron chi connectivity index (χ2n) is 5.62. The van der Waals surface area contributed by atoms with Crippen molar-refractivity contribution >= 4 is 5.69 Å². The fourth-order valence-electron chi connectivity index (χ4n) is 2.64. The maximum Gasteiger partial charge on any atom is 0.0671 e. The maximum absolute atomic E-state index is 9.74. The van der Waals surface area contributed by atoms with E-state index in [0.29, 0.717) is 5.92 Å². The second kappa shape index (κ2) is 7.51. The molecule has 0 fully saturated rings. The molecule has 3 nitrogen and oxygen atoms in total. The molecule has 1 aromatic carbocycles. The minimum atomic E-state index is -0.0199. The Bertz CT molecular complexity index is 379. The first kappa shape index (κ1) is 16.0. The summed E-state index contributed by atoms with van der Waals surface area (Å²) in [4.78, 5) is 2.22. The van der Waals surface area contributed by atoms with Crippen LogP contribution in [0.3, 0.4) is 0 Å². The molecule has 2 unspecified atom stereocenters. The first-order valence-electron chi connectivity index (χ1n) is 7.19. The molecule has 3 heteroatoms. The normalized spacial score (nSPS) is 14.5. The van der Waals surface area contributed by atoms with Gasteiger partial charge < -0.3 is 15.7 Å². The van der Waals surface area contributed by atoms with Gasteiger partial charge in [0.2, 0.25) is 0 Å². The van der Waals surface area contributed by atoms with E-state index < -0.39 is 0 Å². The first-order chi connectivity index (χ1) is 9.01. The number of hydrogen-bond donors (Lipinski definition) is 2. The van der Waals surface area contributed by atoms with E-state index in [4.69, 9.17) is 5.73 Å². The third-order valence-electron chi connectivity index (χ3n) is 3.59. The van der Waals surface area contributed by atoms with Crippen molar-refractivity contribution in [1.29, 1.82) is 0 Å². The first-order valence-corrected chi connectivity index (χ1v) is 7.19. The maximum atomic E-state index is 9.74. The summed E-state index contributed by atoms with van der Waals surface area (Å²) in [6.45, 7) is 9.48. The molecule has 0 saturated carbocycles. The molecule has 0 aliphatic rings. The number of hydrogen-bond acceptors (Lipinski definition) is 3. The monoisotopic (exact) mass is 264 g/mol. The van der Waals surface area contributed by atoms with Gasteiger partial charge in [-0.25, -0.2) is 0 Å². The van der Waals surface area contributed by atoms with Crippen LogP contribution in [0.25, 0.3) is 0 Å². The van der Waals surface area contributed by atoms with Crippen molar-refractivity contribution in [2.75, 3.05) is 18.1 Å². The van der Waals surface area contributed by atoms with Crippen LogP contribution in [0.2, 0.25) is 0 Å². The Labute approximate surface area is 117 Å². The molecule has 0 amide bonds. The fourth-order valence-corrected chi connectivity index (χ4v) is 2.64. The summed E-state index contributed by atoms with van der Waals surface area (Å²) in [5.41, 5.74) is 8.68. The number of aliphatic hydroxyl groups is 1. The molecule has 0 spiro atoms. The minimum absolute atomic E-state index is 0.00967. The van der Waals surface area contributed by atoms with Crippen LogP contribution in [-0.4, -0.2) is 30.3 Å².